The van der Waals surface area contributed by atoms with Gasteiger partial charge in [0.1, 0.15) is 0 Å². The first-order valence-corrected chi connectivity index (χ1v) is 10.4. The number of hydrogen-bond acceptors (Lipinski definition) is 4. The number of carbonyl (C=O) groups excluding carboxylic acids is 2. The minimum absolute atomic E-state index is 0.0709. The average Bonchev–Trinajstić information content (AvgIpc) is 2.35. The first-order valence-electron chi connectivity index (χ1n) is 6.38. The average molecular weight is 377 g/mol. The third-order valence-corrected chi connectivity index (χ3v) is 8.17. The fraction of sp³-hybridized carbons (Fsp3) is 0.714. The van der Waals surface area contributed by atoms with Crippen molar-refractivity contribution in [1.82, 2.24) is 0 Å². The third kappa shape index (κ3) is 20.0. The molecule has 0 aromatic carbocycles. The SMILES string of the molecule is CC(C)[CH2][Sn][CH2]C(C)C.COC(=O)/C=C\C(=O)OC. The molecule has 0 heterocycles. The molecule has 0 aliphatic carbocycles. The van der Waals surface area contributed by atoms with Crippen LogP contribution in [0.5, 0.6) is 0 Å². The van der Waals surface area contributed by atoms with Gasteiger partial charge in [-0.2, -0.15) is 0 Å². The zero-order valence-electron chi connectivity index (χ0n) is 12.9. The Balaban J connectivity index is 0. The van der Waals surface area contributed by atoms with Crippen molar-refractivity contribution < 1.29 is 19.1 Å². The summed E-state index contributed by atoms with van der Waals surface area (Å²) in [6, 6.07) is 0. The molecule has 0 aromatic rings. The monoisotopic (exact) mass is 378 g/mol. The van der Waals surface area contributed by atoms with Crippen LogP contribution in [0.15, 0.2) is 12.2 Å². The molecule has 0 amide bonds. The molecule has 4 nitrogen and oxygen atoms in total. The van der Waals surface area contributed by atoms with Crippen LogP contribution < -0.4 is 0 Å². The standard InChI is InChI=1S/C6H8O4.2C4H9.Sn/c1-9-5(7)3-4-6(8)10-2;2*1-4(2)3;/h3-4H,1-2H3;2*4H,1H2,2-3H3;/b4-3-;;;. The first kappa shape index (κ1) is 20.8. The second-order valence-electron chi connectivity index (χ2n) is 4.83. The van der Waals surface area contributed by atoms with Crippen molar-refractivity contribution in [2.45, 2.75) is 36.6 Å². The van der Waals surface area contributed by atoms with Gasteiger partial charge in [-0.3, -0.25) is 0 Å². The van der Waals surface area contributed by atoms with Gasteiger partial charge in [-0.05, 0) is 0 Å². The van der Waals surface area contributed by atoms with Crippen molar-refractivity contribution in [2.24, 2.45) is 11.8 Å². The summed E-state index contributed by atoms with van der Waals surface area (Å²) in [5.74, 6) is 0.779. The van der Waals surface area contributed by atoms with Crippen LogP contribution in [-0.4, -0.2) is 47.3 Å². The second kappa shape index (κ2) is 13.9. The maximum Gasteiger partial charge on any atom is 0.330 e. The molecular weight excluding hydrogens is 351 g/mol. The summed E-state index contributed by atoms with van der Waals surface area (Å²) >= 11 is 0.0709. The van der Waals surface area contributed by atoms with Crippen molar-refractivity contribution in [3.63, 3.8) is 0 Å². The maximum absolute atomic E-state index is 10.3. The smallest absolute Gasteiger partial charge is 0.330 e. The van der Waals surface area contributed by atoms with Crippen molar-refractivity contribution in [3.05, 3.63) is 12.2 Å². The van der Waals surface area contributed by atoms with Crippen LogP contribution in [-0.2, 0) is 19.1 Å². The number of ether oxygens (including phenoxy) is 2. The van der Waals surface area contributed by atoms with E-state index in [4.69, 9.17) is 0 Å². The van der Waals surface area contributed by atoms with Crippen molar-refractivity contribution >= 4 is 33.1 Å². The Hall–Kier alpha value is -0.521. The topological polar surface area (TPSA) is 52.6 Å². The van der Waals surface area contributed by atoms with Crippen LogP contribution in [0.25, 0.3) is 0 Å². The summed E-state index contributed by atoms with van der Waals surface area (Å²) in [5, 5.41) is 0. The van der Waals surface area contributed by atoms with Crippen molar-refractivity contribution in [1.29, 1.82) is 0 Å². The molecule has 110 valence electrons. The minimum Gasteiger partial charge on any atom is -0.466 e. The molecule has 0 saturated carbocycles. The summed E-state index contributed by atoms with van der Waals surface area (Å²) < 4.78 is 11.6. The molecule has 0 aliphatic rings. The number of rotatable bonds is 6. The summed E-state index contributed by atoms with van der Waals surface area (Å²) in [6.45, 7) is 9.34. The van der Waals surface area contributed by atoms with Gasteiger partial charge in [0, 0.05) is 12.2 Å². The van der Waals surface area contributed by atoms with E-state index in [9.17, 15) is 9.59 Å². The molecule has 2 radical (unpaired) electrons. The van der Waals surface area contributed by atoms with E-state index < -0.39 is 11.9 Å². The number of carbonyl (C=O) groups is 2. The van der Waals surface area contributed by atoms with Gasteiger partial charge in [0.05, 0.1) is 14.2 Å². The van der Waals surface area contributed by atoms with Crippen LogP contribution in [0.3, 0.4) is 0 Å². The molecule has 0 rings (SSSR count). The van der Waals surface area contributed by atoms with Crippen LogP contribution >= 0.6 is 0 Å². The predicted octanol–water partition coefficient (Wildman–Crippen LogP) is 2.73. The van der Waals surface area contributed by atoms with E-state index in [2.05, 4.69) is 37.2 Å². The summed E-state index contributed by atoms with van der Waals surface area (Å²) in [5.41, 5.74) is 0. The van der Waals surface area contributed by atoms with Gasteiger partial charge in [0.25, 0.3) is 0 Å². The van der Waals surface area contributed by atoms with Crippen molar-refractivity contribution in [2.75, 3.05) is 14.2 Å². The Morgan fingerprint density at radius 3 is 1.42 bits per heavy atom. The van der Waals surface area contributed by atoms with E-state index in [0.717, 1.165) is 24.0 Å². The fourth-order valence-electron chi connectivity index (χ4n) is 0.933. The predicted molar refractivity (Wildman–Crippen MR) is 78.2 cm³/mol. The van der Waals surface area contributed by atoms with E-state index in [1.807, 2.05) is 0 Å². The van der Waals surface area contributed by atoms with Gasteiger partial charge in [-0.1, -0.05) is 0 Å². The molecule has 0 unspecified atom stereocenters. The molecular formula is C14H26O4Sn. The van der Waals surface area contributed by atoms with Crippen LogP contribution in [0.2, 0.25) is 8.87 Å². The Morgan fingerprint density at radius 1 is 0.895 bits per heavy atom. The van der Waals surface area contributed by atoms with Gasteiger partial charge in [0.15, 0.2) is 0 Å². The first-order chi connectivity index (χ1) is 8.83. The maximum atomic E-state index is 10.3. The van der Waals surface area contributed by atoms with E-state index in [-0.39, 0.29) is 21.1 Å². The number of hydrogen-bond donors (Lipinski definition) is 0. The van der Waals surface area contributed by atoms with E-state index in [1.165, 1.54) is 14.2 Å². The van der Waals surface area contributed by atoms with E-state index >= 15 is 0 Å². The van der Waals surface area contributed by atoms with Crippen LogP contribution in [0, 0.1) is 11.8 Å². The number of esters is 2. The van der Waals surface area contributed by atoms with Crippen LogP contribution in [0.4, 0.5) is 0 Å². The molecule has 0 saturated heterocycles. The third-order valence-electron chi connectivity index (χ3n) is 1.86. The summed E-state index contributed by atoms with van der Waals surface area (Å²) in [4.78, 5) is 20.6. The largest absolute Gasteiger partial charge is 0.466 e. The Labute approximate surface area is 127 Å². The zero-order chi connectivity index (χ0) is 15.3. The molecule has 0 N–H and O–H groups in total. The Bertz CT molecular complexity index is 247. The normalized spacial score (nSPS) is 10.3. The second-order valence-corrected chi connectivity index (χ2v) is 8.58. The molecule has 0 fully saturated rings. The quantitative estimate of drug-likeness (QED) is 0.406. The molecule has 0 spiro atoms. The fourth-order valence-corrected chi connectivity index (χ4v) is 4.70. The molecule has 5 heteroatoms. The molecule has 0 bridgehead atoms. The van der Waals surface area contributed by atoms with Gasteiger partial charge in [-0.25, -0.2) is 9.59 Å². The number of methoxy groups -OCH3 is 2. The summed E-state index contributed by atoms with van der Waals surface area (Å²) in [7, 11) is 2.45. The van der Waals surface area contributed by atoms with Crippen LogP contribution in [0.1, 0.15) is 27.7 Å². The van der Waals surface area contributed by atoms with Gasteiger partial charge in [-0.15, -0.1) is 0 Å². The van der Waals surface area contributed by atoms with Gasteiger partial charge >= 0.3 is 81.5 Å². The Morgan fingerprint density at radius 2 is 1.21 bits per heavy atom. The van der Waals surface area contributed by atoms with Gasteiger partial charge < -0.3 is 9.47 Å². The van der Waals surface area contributed by atoms with E-state index in [1.54, 1.807) is 8.87 Å². The van der Waals surface area contributed by atoms with Gasteiger partial charge in [0.2, 0.25) is 0 Å². The molecule has 0 atom stereocenters. The summed E-state index contributed by atoms with van der Waals surface area (Å²) in [6.07, 6.45) is 1.98. The van der Waals surface area contributed by atoms with Crippen molar-refractivity contribution in [3.8, 4) is 0 Å². The Kier molecular flexibility index (Phi) is 15.2. The molecule has 19 heavy (non-hydrogen) atoms. The molecule has 0 aromatic heterocycles. The van der Waals surface area contributed by atoms with E-state index in [0.29, 0.717) is 0 Å². The minimum atomic E-state index is -0.578. The molecule has 0 aliphatic heterocycles. The zero-order valence-corrected chi connectivity index (χ0v) is 15.7.